The molecular formula is C13H14Cl2N2O5. The Morgan fingerprint density at radius 2 is 2.18 bits per heavy atom. The highest BCUT2D eigenvalue weighted by atomic mass is 35.5. The third-order valence-corrected chi connectivity index (χ3v) is 4.10. The lowest BCUT2D eigenvalue weighted by molar-refractivity contribution is -0.0778. The third kappa shape index (κ3) is 2.69. The Kier molecular flexibility index (Phi) is 4.70. The fourth-order valence-corrected chi connectivity index (χ4v) is 2.98. The van der Waals surface area contributed by atoms with Gasteiger partial charge in [-0.1, -0.05) is 17.5 Å². The van der Waals surface area contributed by atoms with Crippen LogP contribution in [-0.2, 0) is 4.74 Å². The molecule has 2 heterocycles. The number of rotatable bonds is 2. The summed E-state index contributed by atoms with van der Waals surface area (Å²) in [7, 11) is 0. The zero-order chi connectivity index (χ0) is 16.7. The second kappa shape index (κ2) is 6.07. The molecule has 1 unspecified atom stereocenters. The number of aromatic nitrogens is 2. The fourth-order valence-electron chi connectivity index (χ4n) is 2.45. The molecule has 0 amide bonds. The maximum Gasteiger partial charge on any atom is 0.330 e. The monoisotopic (exact) mass is 348 g/mol. The SMILES string of the molecule is Cc1cc(=O)[nH]c(=O)n1[C@@H]1O[C@H]([C@H](C)O)[C@H](O)C1(Cl)C#CCl. The lowest BCUT2D eigenvalue weighted by Gasteiger charge is -2.26. The molecule has 0 bridgehead atoms. The lowest BCUT2D eigenvalue weighted by atomic mass is 9.97. The summed E-state index contributed by atoms with van der Waals surface area (Å²) in [6, 6.07) is 1.18. The highest BCUT2D eigenvalue weighted by molar-refractivity contribution is 6.32. The van der Waals surface area contributed by atoms with E-state index in [-0.39, 0.29) is 5.69 Å². The second-order valence-corrected chi connectivity index (χ2v) is 5.89. The molecule has 1 saturated heterocycles. The molecule has 1 aromatic heterocycles. The zero-order valence-electron chi connectivity index (χ0n) is 11.7. The van der Waals surface area contributed by atoms with Gasteiger partial charge < -0.3 is 14.9 Å². The molecule has 5 atom stereocenters. The average Bonchev–Trinajstić information content (AvgIpc) is 2.63. The minimum absolute atomic E-state index is 0.263. The van der Waals surface area contributed by atoms with E-state index in [9.17, 15) is 19.8 Å². The number of alkyl halides is 1. The van der Waals surface area contributed by atoms with Crippen LogP contribution in [0.15, 0.2) is 15.7 Å². The Bertz CT molecular complexity index is 747. The van der Waals surface area contributed by atoms with Gasteiger partial charge in [0.05, 0.1) is 6.10 Å². The molecule has 0 spiro atoms. The van der Waals surface area contributed by atoms with Gasteiger partial charge >= 0.3 is 5.69 Å². The van der Waals surface area contributed by atoms with Crippen molar-refractivity contribution >= 4 is 23.2 Å². The number of hydrogen-bond donors (Lipinski definition) is 3. The van der Waals surface area contributed by atoms with Crippen LogP contribution in [0.3, 0.4) is 0 Å². The Morgan fingerprint density at radius 1 is 1.55 bits per heavy atom. The summed E-state index contributed by atoms with van der Waals surface area (Å²) < 4.78 is 6.60. The van der Waals surface area contributed by atoms with Gasteiger partial charge in [-0.25, -0.2) is 4.79 Å². The number of aliphatic hydroxyl groups is 2. The first-order valence-electron chi connectivity index (χ1n) is 6.38. The summed E-state index contributed by atoms with van der Waals surface area (Å²) >= 11 is 11.7. The van der Waals surface area contributed by atoms with Crippen molar-refractivity contribution in [1.29, 1.82) is 0 Å². The van der Waals surface area contributed by atoms with Crippen molar-refractivity contribution < 1.29 is 14.9 Å². The van der Waals surface area contributed by atoms with Gasteiger partial charge in [-0.15, -0.1) is 0 Å². The van der Waals surface area contributed by atoms with E-state index in [1.165, 1.54) is 19.9 Å². The van der Waals surface area contributed by atoms with Crippen LogP contribution in [-0.4, -0.2) is 43.0 Å². The Labute approximate surface area is 135 Å². The first kappa shape index (κ1) is 17.1. The number of hydrogen-bond acceptors (Lipinski definition) is 5. The van der Waals surface area contributed by atoms with Crippen LogP contribution >= 0.6 is 23.2 Å². The molecule has 0 aliphatic carbocycles. The van der Waals surface area contributed by atoms with Crippen LogP contribution in [0.2, 0.25) is 0 Å². The van der Waals surface area contributed by atoms with E-state index in [1.807, 2.05) is 0 Å². The van der Waals surface area contributed by atoms with Gasteiger partial charge in [0.1, 0.15) is 12.2 Å². The van der Waals surface area contributed by atoms with E-state index < -0.39 is 40.7 Å². The summed E-state index contributed by atoms with van der Waals surface area (Å²) in [4.78, 5) is 23.7. The average molecular weight is 349 g/mol. The number of aliphatic hydroxyl groups excluding tert-OH is 2. The van der Waals surface area contributed by atoms with Gasteiger partial charge in [0.25, 0.3) is 5.56 Å². The fraction of sp³-hybridized carbons (Fsp3) is 0.538. The standard InChI is InChI=1S/C13H14Cl2N2O5/c1-6-5-8(19)16-12(21)17(6)11-13(15,3-4-14)10(20)9(22-11)7(2)18/h5,7,9-11,18,20H,1-2H3,(H,16,19,21)/t7-,9+,10-,11+,13?/m0/s1. The van der Waals surface area contributed by atoms with Crippen LogP contribution in [0.5, 0.6) is 0 Å². The highest BCUT2D eigenvalue weighted by Gasteiger charge is 2.57. The summed E-state index contributed by atoms with van der Waals surface area (Å²) in [5, 5.41) is 22.1. The molecule has 1 aliphatic heterocycles. The Hall–Kier alpha value is -1.30. The molecule has 9 heteroatoms. The van der Waals surface area contributed by atoms with Crippen LogP contribution in [0.25, 0.3) is 0 Å². The molecule has 120 valence electrons. The molecule has 0 radical (unpaired) electrons. The predicted octanol–water partition coefficient (Wildman–Crippen LogP) is -0.339. The Morgan fingerprint density at radius 3 is 2.68 bits per heavy atom. The van der Waals surface area contributed by atoms with Gasteiger partial charge in [-0.2, -0.15) is 0 Å². The molecule has 0 aromatic carbocycles. The molecule has 0 saturated carbocycles. The number of nitrogens with zero attached hydrogens (tertiary/aromatic N) is 1. The van der Waals surface area contributed by atoms with Crippen molar-refractivity contribution in [2.24, 2.45) is 0 Å². The maximum atomic E-state index is 12.1. The summed E-state index contributed by atoms with van der Waals surface area (Å²) in [5.41, 5.74) is -1.08. The van der Waals surface area contributed by atoms with Crippen molar-refractivity contribution in [3.8, 4) is 11.3 Å². The van der Waals surface area contributed by atoms with Crippen LogP contribution in [0, 0.1) is 18.2 Å². The first-order chi connectivity index (χ1) is 10.2. The van der Waals surface area contributed by atoms with E-state index in [2.05, 4.69) is 16.3 Å². The third-order valence-electron chi connectivity index (χ3n) is 3.50. The number of aryl methyl sites for hydroxylation is 1. The molecule has 22 heavy (non-hydrogen) atoms. The number of ether oxygens (including phenoxy) is 1. The molecule has 3 N–H and O–H groups in total. The first-order valence-corrected chi connectivity index (χ1v) is 7.13. The highest BCUT2D eigenvalue weighted by Crippen LogP contribution is 2.44. The smallest absolute Gasteiger partial charge is 0.330 e. The quantitative estimate of drug-likeness (QED) is 0.501. The topological polar surface area (TPSA) is 105 Å². The second-order valence-electron chi connectivity index (χ2n) is 5.08. The van der Waals surface area contributed by atoms with E-state index in [1.54, 1.807) is 0 Å². The molecule has 1 fully saturated rings. The number of halogens is 2. The molecule has 1 aliphatic rings. The summed E-state index contributed by atoms with van der Waals surface area (Å²) in [5.74, 6) is 2.42. The minimum Gasteiger partial charge on any atom is -0.391 e. The van der Waals surface area contributed by atoms with Gasteiger partial charge in [0.2, 0.25) is 0 Å². The van der Waals surface area contributed by atoms with E-state index in [4.69, 9.17) is 27.9 Å². The van der Waals surface area contributed by atoms with Gasteiger partial charge in [0, 0.05) is 17.1 Å². The minimum atomic E-state index is -1.75. The predicted molar refractivity (Wildman–Crippen MR) is 79.9 cm³/mol. The zero-order valence-corrected chi connectivity index (χ0v) is 13.2. The lowest BCUT2D eigenvalue weighted by Crippen LogP contribution is -2.45. The van der Waals surface area contributed by atoms with Crippen molar-refractivity contribution in [3.63, 3.8) is 0 Å². The maximum absolute atomic E-state index is 12.1. The number of aromatic amines is 1. The molecule has 1 aromatic rings. The van der Waals surface area contributed by atoms with Crippen molar-refractivity contribution in [3.05, 3.63) is 32.6 Å². The molecule has 2 rings (SSSR count). The van der Waals surface area contributed by atoms with Crippen molar-refractivity contribution in [2.75, 3.05) is 0 Å². The largest absolute Gasteiger partial charge is 0.391 e. The van der Waals surface area contributed by atoms with Gasteiger partial charge in [0.15, 0.2) is 11.1 Å². The normalized spacial score (nSPS) is 32.4. The summed E-state index contributed by atoms with van der Waals surface area (Å²) in [6.07, 6.45) is -4.77. The number of nitrogens with one attached hydrogen (secondary N) is 1. The van der Waals surface area contributed by atoms with Gasteiger partial charge in [-0.05, 0) is 25.4 Å². The Balaban J connectivity index is 2.64. The van der Waals surface area contributed by atoms with E-state index >= 15 is 0 Å². The number of H-pyrrole nitrogens is 1. The van der Waals surface area contributed by atoms with Crippen molar-refractivity contribution in [1.82, 2.24) is 9.55 Å². The van der Waals surface area contributed by atoms with E-state index in [0.29, 0.717) is 0 Å². The molecule has 7 nitrogen and oxygen atoms in total. The van der Waals surface area contributed by atoms with Crippen LogP contribution in [0.4, 0.5) is 0 Å². The molecular weight excluding hydrogens is 335 g/mol. The summed E-state index contributed by atoms with van der Waals surface area (Å²) in [6.45, 7) is 2.91. The van der Waals surface area contributed by atoms with Gasteiger partial charge in [-0.3, -0.25) is 14.3 Å². The van der Waals surface area contributed by atoms with Crippen LogP contribution in [0.1, 0.15) is 18.8 Å². The van der Waals surface area contributed by atoms with Crippen LogP contribution < -0.4 is 11.2 Å². The van der Waals surface area contributed by atoms with E-state index in [0.717, 1.165) is 4.57 Å². The van der Waals surface area contributed by atoms with Crippen molar-refractivity contribution in [2.45, 2.75) is 43.3 Å².